The zero-order chi connectivity index (χ0) is 19.1. The van der Waals surface area contributed by atoms with Crippen molar-refractivity contribution in [2.24, 2.45) is 0 Å². The number of ether oxygens (including phenoxy) is 1. The molecule has 0 aliphatic carbocycles. The average molecular weight is 367 g/mol. The molecule has 0 radical (unpaired) electrons. The predicted molar refractivity (Wildman–Crippen MR) is 109 cm³/mol. The first-order valence-electron chi connectivity index (χ1n) is 9.86. The second-order valence-corrected chi connectivity index (χ2v) is 7.35. The molecule has 1 unspecified atom stereocenters. The molecule has 1 heterocycles. The van der Waals surface area contributed by atoms with Crippen molar-refractivity contribution in [2.45, 2.75) is 38.6 Å². The number of likely N-dealkylation sites (tertiary alicyclic amines) is 1. The number of carbonyl (C=O) groups excluding carboxylic acids is 1. The van der Waals surface area contributed by atoms with E-state index < -0.39 is 0 Å². The third-order valence-electron chi connectivity index (χ3n) is 5.31. The highest BCUT2D eigenvalue weighted by Gasteiger charge is 2.23. The quantitative estimate of drug-likeness (QED) is 0.808. The Bertz CT molecular complexity index is 719. The molecule has 3 rings (SSSR count). The second-order valence-electron chi connectivity index (χ2n) is 7.35. The van der Waals surface area contributed by atoms with Gasteiger partial charge in [0.2, 0.25) is 5.91 Å². The van der Waals surface area contributed by atoms with Crippen LogP contribution in [0.5, 0.6) is 5.75 Å². The molecule has 0 bridgehead atoms. The van der Waals surface area contributed by atoms with Gasteiger partial charge in [-0.3, -0.25) is 9.69 Å². The van der Waals surface area contributed by atoms with Gasteiger partial charge in [-0.2, -0.15) is 0 Å². The largest absolute Gasteiger partial charge is 0.497 e. The van der Waals surface area contributed by atoms with Crippen molar-refractivity contribution in [1.29, 1.82) is 0 Å². The van der Waals surface area contributed by atoms with Gasteiger partial charge in [-0.05, 0) is 56.1 Å². The van der Waals surface area contributed by atoms with Gasteiger partial charge < -0.3 is 10.1 Å². The maximum absolute atomic E-state index is 12.5. The van der Waals surface area contributed by atoms with E-state index in [0.717, 1.165) is 24.4 Å². The topological polar surface area (TPSA) is 41.6 Å². The third-order valence-corrected chi connectivity index (χ3v) is 5.31. The standard InChI is InChI=1S/C23H30N2O2/c1-18-6-8-19(9-7-18)16-23(26)24-17-22(25-14-4-3-5-15-25)20-10-12-21(27-2)13-11-20/h6-13,22H,3-5,14-17H2,1-2H3,(H,24,26). The number of hydrogen-bond donors (Lipinski definition) is 1. The molecule has 1 amide bonds. The molecule has 0 spiro atoms. The number of amides is 1. The molecule has 27 heavy (non-hydrogen) atoms. The van der Waals surface area contributed by atoms with Gasteiger partial charge >= 0.3 is 0 Å². The Morgan fingerprint density at radius 2 is 1.70 bits per heavy atom. The van der Waals surface area contributed by atoms with Gasteiger partial charge in [0.05, 0.1) is 19.6 Å². The summed E-state index contributed by atoms with van der Waals surface area (Å²) in [6.45, 7) is 4.87. The fraction of sp³-hybridized carbons (Fsp3) is 0.435. The lowest BCUT2D eigenvalue weighted by Crippen LogP contribution is -2.41. The highest BCUT2D eigenvalue weighted by atomic mass is 16.5. The van der Waals surface area contributed by atoms with E-state index in [2.05, 4.69) is 41.4 Å². The van der Waals surface area contributed by atoms with E-state index in [1.54, 1.807) is 7.11 Å². The normalized spacial score (nSPS) is 15.9. The van der Waals surface area contributed by atoms with Gasteiger partial charge in [-0.1, -0.05) is 48.4 Å². The number of hydrogen-bond acceptors (Lipinski definition) is 3. The summed E-state index contributed by atoms with van der Waals surface area (Å²) in [4.78, 5) is 15.0. The number of nitrogens with one attached hydrogen (secondary N) is 1. The summed E-state index contributed by atoms with van der Waals surface area (Å²) in [5.74, 6) is 0.939. The lowest BCUT2D eigenvalue weighted by Gasteiger charge is -2.35. The first kappa shape index (κ1) is 19.4. The van der Waals surface area contributed by atoms with Crippen LogP contribution in [-0.4, -0.2) is 37.6 Å². The summed E-state index contributed by atoms with van der Waals surface area (Å²) in [6, 6.07) is 16.6. The van der Waals surface area contributed by atoms with E-state index in [4.69, 9.17) is 4.74 Å². The predicted octanol–water partition coefficient (Wildman–Crippen LogP) is 3.89. The zero-order valence-electron chi connectivity index (χ0n) is 16.4. The minimum absolute atomic E-state index is 0.0781. The Hall–Kier alpha value is -2.33. The second kappa shape index (κ2) is 9.56. The molecule has 4 heteroatoms. The number of rotatable bonds is 7. The molecule has 0 saturated carbocycles. The van der Waals surface area contributed by atoms with Crippen LogP contribution >= 0.6 is 0 Å². The molecule has 1 atom stereocenters. The number of benzene rings is 2. The highest BCUT2D eigenvalue weighted by Crippen LogP contribution is 2.26. The Morgan fingerprint density at radius 3 is 2.33 bits per heavy atom. The molecule has 0 aromatic heterocycles. The molecule has 1 saturated heterocycles. The summed E-state index contributed by atoms with van der Waals surface area (Å²) in [5.41, 5.74) is 3.49. The molecule has 2 aromatic rings. The van der Waals surface area contributed by atoms with E-state index in [1.165, 1.54) is 30.4 Å². The van der Waals surface area contributed by atoms with Crippen LogP contribution in [0.4, 0.5) is 0 Å². The van der Waals surface area contributed by atoms with E-state index in [1.807, 2.05) is 24.3 Å². The SMILES string of the molecule is COc1ccc(C(CNC(=O)Cc2ccc(C)cc2)N2CCCCC2)cc1. The van der Waals surface area contributed by atoms with Crippen molar-refractivity contribution in [2.75, 3.05) is 26.7 Å². The number of aryl methyl sites for hydroxylation is 1. The molecule has 144 valence electrons. The van der Waals surface area contributed by atoms with E-state index >= 15 is 0 Å². The van der Waals surface area contributed by atoms with Crippen LogP contribution in [0.25, 0.3) is 0 Å². The van der Waals surface area contributed by atoms with Crippen molar-refractivity contribution < 1.29 is 9.53 Å². The van der Waals surface area contributed by atoms with Crippen LogP contribution in [0, 0.1) is 6.92 Å². The zero-order valence-corrected chi connectivity index (χ0v) is 16.4. The van der Waals surface area contributed by atoms with Gasteiger partial charge in [0, 0.05) is 6.54 Å². The molecular formula is C23H30N2O2. The average Bonchev–Trinajstić information content (AvgIpc) is 2.71. The molecule has 1 aliphatic heterocycles. The summed E-state index contributed by atoms with van der Waals surface area (Å²) in [5, 5.41) is 3.16. The fourth-order valence-electron chi connectivity index (χ4n) is 3.68. The Balaban J connectivity index is 1.64. The molecular weight excluding hydrogens is 336 g/mol. The van der Waals surface area contributed by atoms with Crippen LogP contribution in [0.15, 0.2) is 48.5 Å². The van der Waals surface area contributed by atoms with Crippen molar-refractivity contribution >= 4 is 5.91 Å². The summed E-state index contributed by atoms with van der Waals surface area (Å²) in [6.07, 6.45) is 4.18. The van der Waals surface area contributed by atoms with Crippen LogP contribution in [0.3, 0.4) is 0 Å². The van der Waals surface area contributed by atoms with Crippen molar-refractivity contribution in [1.82, 2.24) is 10.2 Å². The maximum Gasteiger partial charge on any atom is 0.224 e. The Labute approximate surface area is 162 Å². The third kappa shape index (κ3) is 5.57. The Morgan fingerprint density at radius 1 is 1.04 bits per heavy atom. The summed E-state index contributed by atoms with van der Waals surface area (Å²) < 4.78 is 5.28. The van der Waals surface area contributed by atoms with Gasteiger partial charge in [0.15, 0.2) is 0 Å². The number of methoxy groups -OCH3 is 1. The van der Waals surface area contributed by atoms with Crippen LogP contribution in [0.2, 0.25) is 0 Å². The molecule has 1 aliphatic rings. The Kier molecular flexibility index (Phi) is 6.88. The lowest BCUT2D eigenvalue weighted by atomic mass is 10.0. The minimum Gasteiger partial charge on any atom is -0.497 e. The monoisotopic (exact) mass is 366 g/mol. The van der Waals surface area contributed by atoms with E-state index in [-0.39, 0.29) is 11.9 Å². The first-order valence-corrected chi connectivity index (χ1v) is 9.86. The number of carbonyl (C=O) groups is 1. The van der Waals surface area contributed by atoms with Crippen LogP contribution in [0.1, 0.15) is 42.0 Å². The van der Waals surface area contributed by atoms with Gasteiger partial charge in [0.1, 0.15) is 5.75 Å². The molecule has 4 nitrogen and oxygen atoms in total. The fourth-order valence-corrected chi connectivity index (χ4v) is 3.68. The number of nitrogens with zero attached hydrogens (tertiary/aromatic N) is 1. The van der Waals surface area contributed by atoms with Gasteiger partial charge in [-0.25, -0.2) is 0 Å². The lowest BCUT2D eigenvalue weighted by molar-refractivity contribution is -0.120. The van der Waals surface area contributed by atoms with Crippen molar-refractivity contribution in [3.8, 4) is 5.75 Å². The highest BCUT2D eigenvalue weighted by molar-refractivity contribution is 5.78. The molecule has 1 fully saturated rings. The summed E-state index contributed by atoms with van der Waals surface area (Å²) >= 11 is 0. The van der Waals surface area contributed by atoms with Crippen LogP contribution in [-0.2, 0) is 11.2 Å². The van der Waals surface area contributed by atoms with Crippen molar-refractivity contribution in [3.63, 3.8) is 0 Å². The maximum atomic E-state index is 12.5. The van der Waals surface area contributed by atoms with Crippen molar-refractivity contribution in [3.05, 3.63) is 65.2 Å². The van der Waals surface area contributed by atoms with Gasteiger partial charge in [0.25, 0.3) is 0 Å². The van der Waals surface area contributed by atoms with E-state index in [0.29, 0.717) is 13.0 Å². The molecule has 2 aromatic carbocycles. The minimum atomic E-state index is 0.0781. The number of piperidine rings is 1. The first-order chi connectivity index (χ1) is 13.2. The smallest absolute Gasteiger partial charge is 0.224 e. The van der Waals surface area contributed by atoms with Gasteiger partial charge in [-0.15, -0.1) is 0 Å². The van der Waals surface area contributed by atoms with Crippen LogP contribution < -0.4 is 10.1 Å². The molecule has 1 N–H and O–H groups in total. The van der Waals surface area contributed by atoms with E-state index in [9.17, 15) is 4.79 Å². The summed E-state index contributed by atoms with van der Waals surface area (Å²) in [7, 11) is 1.68.